The third-order valence-corrected chi connectivity index (χ3v) is 1.74. The van der Waals surface area contributed by atoms with Crippen LogP contribution in [-0.4, -0.2) is 24.4 Å². The molecule has 0 spiro atoms. The van der Waals surface area contributed by atoms with E-state index in [9.17, 15) is 0 Å². The predicted octanol–water partition coefficient (Wildman–Crippen LogP) is 2.22. The molecular weight excluding hydrogens is 140 g/mol. The standard InChI is InChI=1S/2C4H8O.CH4/c1-4(2)3-5-4;1-3-4(2)5-3;/h3H2,1-2H3;3-4H,1-2H3;1H4. The Balaban J connectivity index is 0.000000167. The van der Waals surface area contributed by atoms with E-state index in [1.54, 1.807) is 0 Å². The molecule has 0 aromatic carbocycles. The largest absolute Gasteiger partial charge is 0.370 e. The van der Waals surface area contributed by atoms with Crippen LogP contribution < -0.4 is 0 Å². The van der Waals surface area contributed by atoms with Gasteiger partial charge >= 0.3 is 0 Å². The maximum Gasteiger partial charge on any atom is 0.0860 e. The Kier molecular flexibility index (Phi) is 3.52. The van der Waals surface area contributed by atoms with Crippen molar-refractivity contribution < 1.29 is 9.47 Å². The topological polar surface area (TPSA) is 25.1 Å². The van der Waals surface area contributed by atoms with Crippen LogP contribution in [0.4, 0.5) is 0 Å². The molecule has 0 saturated carbocycles. The van der Waals surface area contributed by atoms with E-state index < -0.39 is 0 Å². The lowest BCUT2D eigenvalue weighted by Gasteiger charge is -1.81. The molecule has 0 aliphatic carbocycles. The molecule has 2 atom stereocenters. The first-order valence-corrected chi connectivity index (χ1v) is 3.81. The summed E-state index contributed by atoms with van der Waals surface area (Å²) in [6.45, 7) is 9.25. The third-order valence-electron chi connectivity index (χ3n) is 1.74. The zero-order chi connectivity index (χ0) is 7.78. The zero-order valence-corrected chi connectivity index (χ0v) is 7.18. The minimum absolute atomic E-state index is 0. The maximum absolute atomic E-state index is 4.92. The Labute approximate surface area is 69.9 Å². The van der Waals surface area contributed by atoms with Crippen molar-refractivity contribution >= 4 is 0 Å². The van der Waals surface area contributed by atoms with Crippen LogP contribution in [0.1, 0.15) is 35.1 Å². The fourth-order valence-electron chi connectivity index (χ4n) is 0.438. The van der Waals surface area contributed by atoms with E-state index >= 15 is 0 Å². The van der Waals surface area contributed by atoms with Gasteiger partial charge in [0.05, 0.1) is 24.4 Å². The van der Waals surface area contributed by atoms with E-state index in [-0.39, 0.29) is 13.0 Å². The Hall–Kier alpha value is -0.0800. The highest BCUT2D eigenvalue weighted by Crippen LogP contribution is 2.23. The van der Waals surface area contributed by atoms with Crippen LogP contribution in [0.5, 0.6) is 0 Å². The van der Waals surface area contributed by atoms with Crippen molar-refractivity contribution in [3.8, 4) is 0 Å². The van der Waals surface area contributed by atoms with E-state index in [4.69, 9.17) is 9.47 Å². The average molecular weight is 160 g/mol. The van der Waals surface area contributed by atoms with Gasteiger partial charge in [0.1, 0.15) is 0 Å². The summed E-state index contributed by atoms with van der Waals surface area (Å²) in [5.74, 6) is 0. The predicted molar refractivity (Wildman–Crippen MR) is 46.8 cm³/mol. The van der Waals surface area contributed by atoms with Crippen molar-refractivity contribution in [2.45, 2.75) is 52.9 Å². The van der Waals surface area contributed by atoms with Gasteiger partial charge < -0.3 is 9.47 Å². The Morgan fingerprint density at radius 1 is 1.18 bits per heavy atom. The second-order valence-electron chi connectivity index (χ2n) is 3.59. The van der Waals surface area contributed by atoms with Crippen LogP contribution in [0.3, 0.4) is 0 Å². The van der Waals surface area contributed by atoms with Gasteiger partial charge in [-0.3, -0.25) is 0 Å². The molecule has 68 valence electrons. The van der Waals surface area contributed by atoms with Crippen molar-refractivity contribution in [1.29, 1.82) is 0 Å². The van der Waals surface area contributed by atoms with Crippen molar-refractivity contribution in [3.05, 3.63) is 0 Å². The molecule has 0 radical (unpaired) electrons. The smallest absolute Gasteiger partial charge is 0.0860 e. The normalized spacial score (nSPS) is 36.0. The molecule has 11 heavy (non-hydrogen) atoms. The third kappa shape index (κ3) is 5.22. The Morgan fingerprint density at radius 3 is 1.36 bits per heavy atom. The van der Waals surface area contributed by atoms with Crippen LogP contribution >= 0.6 is 0 Å². The summed E-state index contributed by atoms with van der Waals surface area (Å²) in [7, 11) is 0. The second kappa shape index (κ2) is 3.55. The van der Waals surface area contributed by atoms with Gasteiger partial charge in [-0.05, 0) is 27.7 Å². The molecular formula is C9H20O2. The van der Waals surface area contributed by atoms with Crippen molar-refractivity contribution in [1.82, 2.24) is 0 Å². The van der Waals surface area contributed by atoms with Gasteiger partial charge in [-0.25, -0.2) is 0 Å². The SMILES string of the molecule is C.CC1(C)CO1.CC1OC1C. The van der Waals surface area contributed by atoms with Gasteiger partial charge in [-0.15, -0.1) is 0 Å². The molecule has 0 bridgehead atoms. The van der Waals surface area contributed by atoms with Gasteiger partial charge in [0.15, 0.2) is 0 Å². The first-order chi connectivity index (χ1) is 4.51. The number of hydrogen-bond acceptors (Lipinski definition) is 2. The number of hydrogen-bond donors (Lipinski definition) is 0. The Bertz CT molecular complexity index is 109. The van der Waals surface area contributed by atoms with Crippen molar-refractivity contribution in [3.63, 3.8) is 0 Å². The average Bonchev–Trinajstić information content (AvgIpc) is 2.60. The molecule has 2 rings (SSSR count). The summed E-state index contributed by atoms with van der Waals surface area (Å²) < 4.78 is 9.81. The van der Waals surface area contributed by atoms with Crippen LogP contribution in [0.15, 0.2) is 0 Å². The van der Waals surface area contributed by atoms with Gasteiger partial charge in [0.2, 0.25) is 0 Å². The molecule has 2 heteroatoms. The number of epoxide rings is 2. The van der Waals surface area contributed by atoms with Crippen molar-refractivity contribution in [2.75, 3.05) is 6.61 Å². The molecule has 2 saturated heterocycles. The lowest BCUT2D eigenvalue weighted by atomic mass is 10.3. The highest BCUT2D eigenvalue weighted by atomic mass is 16.6. The molecule has 2 fully saturated rings. The molecule has 2 aliphatic rings. The maximum atomic E-state index is 4.92. The van der Waals surface area contributed by atoms with E-state index in [0.717, 1.165) is 6.61 Å². The lowest BCUT2D eigenvalue weighted by molar-refractivity contribution is 0.344. The minimum atomic E-state index is 0. The van der Waals surface area contributed by atoms with Gasteiger partial charge in [-0.1, -0.05) is 7.43 Å². The molecule has 0 amide bonds. The summed E-state index contributed by atoms with van der Waals surface area (Å²) >= 11 is 0. The van der Waals surface area contributed by atoms with E-state index in [1.165, 1.54) is 0 Å². The monoisotopic (exact) mass is 160 g/mol. The molecule has 2 heterocycles. The summed E-state index contributed by atoms with van der Waals surface area (Å²) in [6, 6.07) is 0. The molecule has 2 nitrogen and oxygen atoms in total. The Morgan fingerprint density at radius 2 is 1.36 bits per heavy atom. The van der Waals surface area contributed by atoms with Gasteiger partial charge in [-0.2, -0.15) is 0 Å². The highest BCUT2D eigenvalue weighted by molar-refractivity contribution is 4.79. The van der Waals surface area contributed by atoms with E-state index in [0.29, 0.717) is 12.2 Å². The molecule has 2 unspecified atom stereocenters. The van der Waals surface area contributed by atoms with Gasteiger partial charge in [0.25, 0.3) is 0 Å². The van der Waals surface area contributed by atoms with Gasteiger partial charge in [0, 0.05) is 0 Å². The molecule has 0 aromatic rings. The summed E-state index contributed by atoms with van der Waals surface area (Å²) in [4.78, 5) is 0. The van der Waals surface area contributed by atoms with Crippen LogP contribution in [-0.2, 0) is 9.47 Å². The molecule has 0 aromatic heterocycles. The fourth-order valence-corrected chi connectivity index (χ4v) is 0.438. The fraction of sp³-hybridized carbons (Fsp3) is 1.00. The molecule has 2 aliphatic heterocycles. The van der Waals surface area contributed by atoms with E-state index in [2.05, 4.69) is 27.7 Å². The number of ether oxygens (including phenoxy) is 2. The van der Waals surface area contributed by atoms with Crippen LogP contribution in [0.25, 0.3) is 0 Å². The molecule has 0 N–H and O–H groups in total. The van der Waals surface area contributed by atoms with Crippen molar-refractivity contribution in [2.24, 2.45) is 0 Å². The summed E-state index contributed by atoms with van der Waals surface area (Å²) in [5, 5.41) is 0. The van der Waals surface area contributed by atoms with E-state index in [1.807, 2.05) is 0 Å². The number of rotatable bonds is 0. The second-order valence-corrected chi connectivity index (χ2v) is 3.59. The van der Waals surface area contributed by atoms with Crippen LogP contribution in [0, 0.1) is 0 Å². The minimum Gasteiger partial charge on any atom is -0.370 e. The zero-order valence-electron chi connectivity index (χ0n) is 7.18. The first-order valence-electron chi connectivity index (χ1n) is 3.81. The lowest BCUT2D eigenvalue weighted by Crippen LogP contribution is -1.90. The quantitative estimate of drug-likeness (QED) is 0.508. The summed E-state index contributed by atoms with van der Waals surface area (Å²) in [6.07, 6.45) is 1.10. The highest BCUT2D eigenvalue weighted by Gasteiger charge is 2.32. The first kappa shape index (κ1) is 10.9. The van der Waals surface area contributed by atoms with Crippen LogP contribution in [0.2, 0.25) is 0 Å². The summed E-state index contributed by atoms with van der Waals surface area (Å²) in [5.41, 5.74) is 0.250.